The molecule has 2 atom stereocenters. The minimum atomic E-state index is -0.691. The molecule has 0 aromatic rings. The van der Waals surface area contributed by atoms with Crippen molar-refractivity contribution in [3.8, 4) is 0 Å². The molecule has 0 aromatic heterocycles. The van der Waals surface area contributed by atoms with E-state index >= 15 is 0 Å². The summed E-state index contributed by atoms with van der Waals surface area (Å²) >= 11 is 0. The minimum absolute atomic E-state index is 0.275. The maximum Gasteiger partial charge on any atom is 0.303 e. The van der Waals surface area contributed by atoms with Crippen molar-refractivity contribution in [3.63, 3.8) is 0 Å². The first-order valence-electron chi connectivity index (χ1n) is 3.58. The van der Waals surface area contributed by atoms with Crippen LogP contribution >= 0.6 is 0 Å². The van der Waals surface area contributed by atoms with Gasteiger partial charge in [-0.15, -0.1) is 0 Å². The van der Waals surface area contributed by atoms with Crippen LogP contribution in [0.25, 0.3) is 0 Å². The fraction of sp³-hybridized carbons (Fsp3) is 0.625. The molecule has 2 nitrogen and oxygen atoms in total. The number of hydrogen-bond acceptors (Lipinski definition) is 1. The second kappa shape index (κ2) is 2.86. The molecule has 0 bridgehead atoms. The summed E-state index contributed by atoms with van der Waals surface area (Å²) in [5.74, 6) is 0.108. The van der Waals surface area contributed by atoms with Crippen molar-refractivity contribution in [2.45, 2.75) is 19.8 Å². The SMILES string of the molecule is CC1CC=CC1CC(=O)O. The van der Waals surface area contributed by atoms with Gasteiger partial charge >= 0.3 is 5.97 Å². The van der Waals surface area contributed by atoms with Crippen molar-refractivity contribution in [1.29, 1.82) is 0 Å². The molecule has 1 N–H and O–H groups in total. The van der Waals surface area contributed by atoms with Crippen molar-refractivity contribution < 1.29 is 9.90 Å². The average Bonchev–Trinajstić information content (AvgIpc) is 2.15. The van der Waals surface area contributed by atoms with Crippen LogP contribution in [0.2, 0.25) is 0 Å². The van der Waals surface area contributed by atoms with E-state index in [0.29, 0.717) is 5.92 Å². The Balaban J connectivity index is 2.40. The van der Waals surface area contributed by atoms with E-state index in [1.54, 1.807) is 0 Å². The van der Waals surface area contributed by atoms with Gasteiger partial charge in [-0.25, -0.2) is 0 Å². The Labute approximate surface area is 60.6 Å². The number of carbonyl (C=O) groups is 1. The van der Waals surface area contributed by atoms with Gasteiger partial charge in [0.15, 0.2) is 0 Å². The van der Waals surface area contributed by atoms with Gasteiger partial charge in [-0.2, -0.15) is 0 Å². The van der Waals surface area contributed by atoms with Gasteiger partial charge in [-0.3, -0.25) is 4.79 Å². The maximum atomic E-state index is 10.3. The molecule has 0 heterocycles. The Morgan fingerprint density at radius 2 is 2.50 bits per heavy atom. The second-order valence-corrected chi connectivity index (χ2v) is 2.90. The predicted molar refractivity (Wildman–Crippen MR) is 38.7 cm³/mol. The van der Waals surface area contributed by atoms with Crippen molar-refractivity contribution in [2.24, 2.45) is 11.8 Å². The molecule has 0 aromatic carbocycles. The summed E-state index contributed by atoms with van der Waals surface area (Å²) in [7, 11) is 0. The summed E-state index contributed by atoms with van der Waals surface area (Å²) in [5.41, 5.74) is 0. The summed E-state index contributed by atoms with van der Waals surface area (Å²) in [6, 6.07) is 0. The zero-order chi connectivity index (χ0) is 7.56. The van der Waals surface area contributed by atoms with Gasteiger partial charge in [0.05, 0.1) is 6.42 Å². The summed E-state index contributed by atoms with van der Waals surface area (Å²) in [4.78, 5) is 10.3. The third-order valence-corrected chi connectivity index (χ3v) is 2.03. The number of aliphatic carboxylic acids is 1. The average molecular weight is 140 g/mol. The summed E-state index contributed by atoms with van der Waals surface area (Å²) in [6.45, 7) is 2.09. The molecule has 56 valence electrons. The van der Waals surface area contributed by atoms with E-state index in [1.165, 1.54) is 0 Å². The smallest absolute Gasteiger partial charge is 0.303 e. The first-order valence-corrected chi connectivity index (χ1v) is 3.58. The first kappa shape index (κ1) is 7.32. The molecule has 0 fully saturated rings. The van der Waals surface area contributed by atoms with Crippen LogP contribution < -0.4 is 0 Å². The summed E-state index contributed by atoms with van der Waals surface area (Å²) in [6.07, 6.45) is 5.41. The Kier molecular flexibility index (Phi) is 2.10. The molecule has 0 saturated heterocycles. The van der Waals surface area contributed by atoms with Crippen LogP contribution in [0.3, 0.4) is 0 Å². The Bertz CT molecular complexity index is 161. The monoisotopic (exact) mass is 140 g/mol. The molecule has 0 aliphatic heterocycles. The summed E-state index contributed by atoms with van der Waals surface area (Å²) in [5, 5.41) is 8.46. The molecular weight excluding hydrogens is 128 g/mol. The van der Waals surface area contributed by atoms with Crippen LogP contribution in [0.1, 0.15) is 19.8 Å². The largest absolute Gasteiger partial charge is 0.481 e. The van der Waals surface area contributed by atoms with E-state index in [9.17, 15) is 4.79 Å². The maximum absolute atomic E-state index is 10.3. The fourth-order valence-corrected chi connectivity index (χ4v) is 1.30. The third-order valence-electron chi connectivity index (χ3n) is 2.03. The highest BCUT2D eigenvalue weighted by Crippen LogP contribution is 2.26. The van der Waals surface area contributed by atoms with Gasteiger partial charge in [0, 0.05) is 0 Å². The van der Waals surface area contributed by atoms with E-state index in [-0.39, 0.29) is 12.3 Å². The molecular formula is C8H12O2. The van der Waals surface area contributed by atoms with Crippen LogP contribution in [0, 0.1) is 11.8 Å². The highest BCUT2D eigenvalue weighted by molar-refractivity contribution is 5.67. The lowest BCUT2D eigenvalue weighted by molar-refractivity contribution is -0.138. The molecule has 1 rings (SSSR count). The number of rotatable bonds is 2. The van der Waals surface area contributed by atoms with Crippen LogP contribution in [0.5, 0.6) is 0 Å². The molecule has 1 aliphatic rings. The quantitative estimate of drug-likeness (QED) is 0.592. The van der Waals surface area contributed by atoms with Crippen LogP contribution in [-0.4, -0.2) is 11.1 Å². The standard InChI is InChI=1S/C8H12O2/c1-6-3-2-4-7(6)5-8(9)10/h2,4,6-7H,3,5H2,1H3,(H,9,10). The van der Waals surface area contributed by atoms with Gasteiger partial charge in [-0.05, 0) is 18.3 Å². The van der Waals surface area contributed by atoms with Crippen molar-refractivity contribution in [1.82, 2.24) is 0 Å². The van der Waals surface area contributed by atoms with E-state index in [2.05, 4.69) is 13.0 Å². The number of carboxylic acids is 1. The molecule has 0 spiro atoms. The summed E-state index contributed by atoms with van der Waals surface area (Å²) < 4.78 is 0. The van der Waals surface area contributed by atoms with Crippen molar-refractivity contribution >= 4 is 5.97 Å². The minimum Gasteiger partial charge on any atom is -0.481 e. The molecule has 10 heavy (non-hydrogen) atoms. The van der Waals surface area contributed by atoms with Crippen LogP contribution in [0.4, 0.5) is 0 Å². The van der Waals surface area contributed by atoms with E-state index in [0.717, 1.165) is 6.42 Å². The molecule has 0 radical (unpaired) electrons. The zero-order valence-corrected chi connectivity index (χ0v) is 6.08. The molecule has 2 unspecified atom stereocenters. The Morgan fingerprint density at radius 3 is 2.90 bits per heavy atom. The number of allylic oxidation sites excluding steroid dienone is 2. The Morgan fingerprint density at radius 1 is 1.80 bits per heavy atom. The van der Waals surface area contributed by atoms with Crippen LogP contribution in [0.15, 0.2) is 12.2 Å². The van der Waals surface area contributed by atoms with Gasteiger partial charge in [0.2, 0.25) is 0 Å². The highest BCUT2D eigenvalue weighted by atomic mass is 16.4. The fourth-order valence-electron chi connectivity index (χ4n) is 1.30. The molecule has 0 saturated carbocycles. The lowest BCUT2D eigenvalue weighted by Crippen LogP contribution is -2.09. The van der Waals surface area contributed by atoms with Crippen LogP contribution in [-0.2, 0) is 4.79 Å². The molecule has 2 heteroatoms. The normalized spacial score (nSPS) is 30.9. The van der Waals surface area contributed by atoms with Gasteiger partial charge in [0.1, 0.15) is 0 Å². The third kappa shape index (κ3) is 1.59. The van der Waals surface area contributed by atoms with E-state index < -0.39 is 5.97 Å². The Hall–Kier alpha value is -0.790. The first-order chi connectivity index (χ1) is 4.70. The lowest BCUT2D eigenvalue weighted by Gasteiger charge is -2.10. The highest BCUT2D eigenvalue weighted by Gasteiger charge is 2.20. The molecule has 1 aliphatic carbocycles. The predicted octanol–water partition coefficient (Wildman–Crippen LogP) is 1.67. The van der Waals surface area contributed by atoms with Crippen molar-refractivity contribution in [2.75, 3.05) is 0 Å². The topological polar surface area (TPSA) is 37.3 Å². The van der Waals surface area contributed by atoms with Crippen molar-refractivity contribution in [3.05, 3.63) is 12.2 Å². The molecule has 0 amide bonds. The lowest BCUT2D eigenvalue weighted by atomic mass is 9.95. The van der Waals surface area contributed by atoms with E-state index in [4.69, 9.17) is 5.11 Å². The zero-order valence-electron chi connectivity index (χ0n) is 6.08. The van der Waals surface area contributed by atoms with E-state index in [1.807, 2.05) is 6.08 Å². The number of hydrogen-bond donors (Lipinski definition) is 1. The second-order valence-electron chi connectivity index (χ2n) is 2.90. The van der Waals surface area contributed by atoms with Gasteiger partial charge < -0.3 is 5.11 Å². The van der Waals surface area contributed by atoms with Gasteiger partial charge in [0.25, 0.3) is 0 Å². The van der Waals surface area contributed by atoms with Gasteiger partial charge in [-0.1, -0.05) is 19.1 Å². The number of carboxylic acid groups (broad SMARTS) is 1.